The Bertz CT molecular complexity index is 897. The molecule has 0 bridgehead atoms. The molecule has 1 N–H and O–H groups in total. The second-order valence-electron chi connectivity index (χ2n) is 4.99. The van der Waals surface area contributed by atoms with Gasteiger partial charge in [-0.3, -0.25) is 0 Å². The molecule has 0 spiro atoms. The predicted octanol–water partition coefficient (Wildman–Crippen LogP) is 4.30. The number of pyridine rings is 1. The summed E-state index contributed by atoms with van der Waals surface area (Å²) >= 11 is 0. The van der Waals surface area contributed by atoms with Crippen molar-refractivity contribution in [3.05, 3.63) is 72.3 Å². The highest BCUT2D eigenvalue weighted by molar-refractivity contribution is 6.04. The van der Waals surface area contributed by atoms with Gasteiger partial charge in [0.25, 0.3) is 0 Å². The van der Waals surface area contributed by atoms with Crippen molar-refractivity contribution in [3.63, 3.8) is 0 Å². The van der Waals surface area contributed by atoms with Crippen LogP contribution in [-0.2, 0) is 6.61 Å². The average Bonchev–Trinajstić information content (AvgIpc) is 2.92. The summed E-state index contributed by atoms with van der Waals surface area (Å²) in [6, 6.07) is 22.2. The molecule has 0 radical (unpaired) electrons. The third-order valence-corrected chi connectivity index (χ3v) is 3.55. The van der Waals surface area contributed by atoms with Gasteiger partial charge in [0, 0.05) is 17.0 Å². The van der Waals surface area contributed by atoms with E-state index in [9.17, 15) is 0 Å². The normalized spacial score (nSPS) is 11.0. The number of nitrogens with one attached hydrogen (secondary N) is 1. The van der Waals surface area contributed by atoms with Crippen LogP contribution in [0.2, 0.25) is 0 Å². The van der Waals surface area contributed by atoms with E-state index >= 15 is 0 Å². The summed E-state index contributed by atoms with van der Waals surface area (Å²) in [5.74, 6) is 0.649. The molecule has 2 heterocycles. The van der Waals surface area contributed by atoms with E-state index in [4.69, 9.17) is 4.74 Å². The molecule has 0 saturated heterocycles. The topological polar surface area (TPSA) is 37.9 Å². The SMILES string of the molecule is c1ccc(COc2ccc3[nH]c4ccccc4c3n2)cc1. The number of fused-ring (bicyclic) bond motifs is 3. The molecule has 2 aromatic heterocycles. The fraction of sp³-hybridized carbons (Fsp3) is 0.0556. The number of hydrogen-bond donors (Lipinski definition) is 1. The van der Waals surface area contributed by atoms with E-state index in [1.165, 1.54) is 0 Å². The molecule has 4 aromatic rings. The van der Waals surface area contributed by atoms with Gasteiger partial charge in [-0.15, -0.1) is 0 Å². The van der Waals surface area contributed by atoms with E-state index in [0.29, 0.717) is 12.5 Å². The maximum absolute atomic E-state index is 5.79. The van der Waals surface area contributed by atoms with Gasteiger partial charge in [0.05, 0.1) is 11.0 Å². The van der Waals surface area contributed by atoms with E-state index in [1.807, 2.05) is 54.6 Å². The maximum Gasteiger partial charge on any atom is 0.214 e. The Morgan fingerprint density at radius 2 is 1.62 bits per heavy atom. The average molecular weight is 274 g/mol. The number of ether oxygens (including phenoxy) is 1. The summed E-state index contributed by atoms with van der Waals surface area (Å²) < 4.78 is 5.79. The van der Waals surface area contributed by atoms with Crippen LogP contribution in [0.15, 0.2) is 66.7 Å². The Morgan fingerprint density at radius 1 is 0.810 bits per heavy atom. The van der Waals surface area contributed by atoms with Gasteiger partial charge in [-0.25, -0.2) is 4.98 Å². The van der Waals surface area contributed by atoms with Crippen LogP contribution in [0, 0.1) is 0 Å². The lowest BCUT2D eigenvalue weighted by molar-refractivity contribution is 0.295. The van der Waals surface area contributed by atoms with E-state index in [-0.39, 0.29) is 0 Å². The van der Waals surface area contributed by atoms with Gasteiger partial charge in [-0.1, -0.05) is 48.5 Å². The molecular weight excluding hydrogens is 260 g/mol. The van der Waals surface area contributed by atoms with Crippen LogP contribution >= 0.6 is 0 Å². The first-order valence-electron chi connectivity index (χ1n) is 6.94. The van der Waals surface area contributed by atoms with Crippen LogP contribution in [0.1, 0.15) is 5.56 Å². The van der Waals surface area contributed by atoms with Crippen molar-refractivity contribution in [2.45, 2.75) is 6.61 Å². The zero-order valence-electron chi connectivity index (χ0n) is 11.4. The number of benzene rings is 2. The van der Waals surface area contributed by atoms with Gasteiger partial charge in [0.15, 0.2) is 0 Å². The second-order valence-corrected chi connectivity index (χ2v) is 4.99. The molecule has 0 aliphatic rings. The number of H-pyrrole nitrogens is 1. The quantitative estimate of drug-likeness (QED) is 0.605. The zero-order chi connectivity index (χ0) is 14.1. The number of aromatic amines is 1. The molecule has 102 valence electrons. The molecule has 0 aliphatic heterocycles. The van der Waals surface area contributed by atoms with E-state index in [0.717, 1.165) is 27.5 Å². The standard InChI is InChI=1S/C18H14N2O/c1-2-6-13(7-3-1)12-21-17-11-10-16-18(20-17)14-8-4-5-9-15(14)19-16/h1-11,19H,12H2. The molecule has 0 fully saturated rings. The van der Waals surface area contributed by atoms with Crippen LogP contribution in [0.3, 0.4) is 0 Å². The Labute approximate surface area is 122 Å². The fourth-order valence-corrected chi connectivity index (χ4v) is 2.50. The van der Waals surface area contributed by atoms with Crippen molar-refractivity contribution in [2.24, 2.45) is 0 Å². The summed E-state index contributed by atoms with van der Waals surface area (Å²) in [5, 5.41) is 1.12. The van der Waals surface area contributed by atoms with Gasteiger partial charge in [-0.2, -0.15) is 0 Å². The van der Waals surface area contributed by atoms with Crippen LogP contribution in [0.5, 0.6) is 5.88 Å². The second kappa shape index (κ2) is 4.94. The van der Waals surface area contributed by atoms with Crippen molar-refractivity contribution in [1.82, 2.24) is 9.97 Å². The van der Waals surface area contributed by atoms with Gasteiger partial charge < -0.3 is 9.72 Å². The number of para-hydroxylation sites is 1. The highest BCUT2D eigenvalue weighted by Gasteiger charge is 2.06. The lowest BCUT2D eigenvalue weighted by Crippen LogP contribution is -1.96. The van der Waals surface area contributed by atoms with Crippen molar-refractivity contribution >= 4 is 21.9 Å². The highest BCUT2D eigenvalue weighted by Crippen LogP contribution is 2.25. The molecule has 4 rings (SSSR count). The summed E-state index contributed by atoms with van der Waals surface area (Å²) in [7, 11) is 0. The molecule has 2 aromatic carbocycles. The number of nitrogens with zero attached hydrogens (tertiary/aromatic N) is 1. The minimum Gasteiger partial charge on any atom is -0.473 e. The summed E-state index contributed by atoms with van der Waals surface area (Å²) in [6.45, 7) is 0.529. The predicted molar refractivity (Wildman–Crippen MR) is 84.4 cm³/mol. The van der Waals surface area contributed by atoms with E-state index in [1.54, 1.807) is 0 Å². The Morgan fingerprint density at radius 3 is 2.52 bits per heavy atom. The Hall–Kier alpha value is -2.81. The first kappa shape index (κ1) is 12.0. The third-order valence-electron chi connectivity index (χ3n) is 3.55. The lowest BCUT2D eigenvalue weighted by Gasteiger charge is -2.05. The molecule has 21 heavy (non-hydrogen) atoms. The first-order chi connectivity index (χ1) is 10.4. The van der Waals surface area contributed by atoms with Crippen LogP contribution in [0.4, 0.5) is 0 Å². The fourth-order valence-electron chi connectivity index (χ4n) is 2.50. The maximum atomic E-state index is 5.79. The van der Waals surface area contributed by atoms with E-state index < -0.39 is 0 Å². The summed E-state index contributed by atoms with van der Waals surface area (Å²) in [5.41, 5.74) is 4.22. The number of aromatic nitrogens is 2. The summed E-state index contributed by atoms with van der Waals surface area (Å²) in [6.07, 6.45) is 0. The van der Waals surface area contributed by atoms with Crippen LogP contribution in [-0.4, -0.2) is 9.97 Å². The molecule has 3 heteroatoms. The molecule has 3 nitrogen and oxygen atoms in total. The van der Waals surface area contributed by atoms with Crippen molar-refractivity contribution in [1.29, 1.82) is 0 Å². The lowest BCUT2D eigenvalue weighted by atomic mass is 10.2. The molecular formula is C18H14N2O. The largest absolute Gasteiger partial charge is 0.473 e. The zero-order valence-corrected chi connectivity index (χ0v) is 11.4. The number of rotatable bonds is 3. The van der Waals surface area contributed by atoms with Gasteiger partial charge in [0.1, 0.15) is 6.61 Å². The third kappa shape index (κ3) is 2.23. The van der Waals surface area contributed by atoms with Crippen molar-refractivity contribution < 1.29 is 4.74 Å². The monoisotopic (exact) mass is 274 g/mol. The highest BCUT2D eigenvalue weighted by atomic mass is 16.5. The van der Waals surface area contributed by atoms with Crippen LogP contribution in [0.25, 0.3) is 21.9 Å². The Balaban J connectivity index is 1.68. The summed E-state index contributed by atoms with van der Waals surface area (Å²) in [4.78, 5) is 7.99. The number of hydrogen-bond acceptors (Lipinski definition) is 2. The Kier molecular flexibility index (Phi) is 2.82. The van der Waals surface area contributed by atoms with Crippen molar-refractivity contribution in [2.75, 3.05) is 0 Å². The van der Waals surface area contributed by atoms with E-state index in [2.05, 4.69) is 22.1 Å². The molecule has 0 saturated carbocycles. The van der Waals surface area contributed by atoms with Crippen molar-refractivity contribution in [3.8, 4) is 5.88 Å². The first-order valence-corrected chi connectivity index (χ1v) is 6.94. The minimum absolute atomic E-state index is 0.529. The smallest absolute Gasteiger partial charge is 0.214 e. The minimum atomic E-state index is 0.529. The van der Waals surface area contributed by atoms with Gasteiger partial charge >= 0.3 is 0 Å². The molecule has 0 unspecified atom stereocenters. The van der Waals surface area contributed by atoms with Crippen LogP contribution < -0.4 is 4.74 Å². The van der Waals surface area contributed by atoms with Gasteiger partial charge in [0.2, 0.25) is 5.88 Å². The van der Waals surface area contributed by atoms with Gasteiger partial charge in [-0.05, 0) is 17.7 Å². The molecule has 0 aliphatic carbocycles. The molecule has 0 amide bonds. The molecule has 0 atom stereocenters.